The summed E-state index contributed by atoms with van der Waals surface area (Å²) in [7, 11) is 0. The number of nitrogens with zero attached hydrogens (tertiary/aromatic N) is 3. The number of anilines is 1. The van der Waals surface area contributed by atoms with E-state index < -0.39 is 0 Å². The predicted octanol–water partition coefficient (Wildman–Crippen LogP) is 5.04. The van der Waals surface area contributed by atoms with Gasteiger partial charge in [0.05, 0.1) is 35.2 Å². The van der Waals surface area contributed by atoms with Crippen molar-refractivity contribution < 1.29 is 4.39 Å². The first-order chi connectivity index (χ1) is 13.7. The van der Waals surface area contributed by atoms with Gasteiger partial charge in [0.2, 0.25) is 0 Å². The third-order valence-electron chi connectivity index (χ3n) is 5.19. The molecule has 2 aliphatic heterocycles. The Kier molecular flexibility index (Phi) is 5.53. The molecular weight excluding hydrogens is 375 g/mol. The van der Waals surface area contributed by atoms with Crippen molar-refractivity contribution in [1.29, 1.82) is 0 Å². The lowest BCUT2D eigenvalue weighted by Crippen LogP contribution is -2.30. The monoisotopic (exact) mass is 398 g/mol. The Bertz CT molecular complexity index is 910. The van der Waals surface area contributed by atoms with Crippen molar-refractivity contribution in [3.63, 3.8) is 0 Å². The molecule has 0 atom stereocenters. The highest BCUT2D eigenvalue weighted by Gasteiger charge is 2.30. The van der Waals surface area contributed by atoms with E-state index in [-0.39, 0.29) is 5.82 Å². The van der Waals surface area contributed by atoms with E-state index in [4.69, 9.17) is 11.6 Å². The molecule has 2 aromatic rings. The first-order valence-electron chi connectivity index (χ1n) is 9.72. The molecule has 1 fully saturated rings. The number of benzene rings is 1. The zero-order valence-corrected chi connectivity index (χ0v) is 16.7. The summed E-state index contributed by atoms with van der Waals surface area (Å²) in [5.74, 6) is -0.325. The molecule has 2 aliphatic rings. The van der Waals surface area contributed by atoms with Crippen LogP contribution in [0, 0.1) is 5.82 Å². The Morgan fingerprint density at radius 2 is 2.14 bits per heavy atom. The summed E-state index contributed by atoms with van der Waals surface area (Å²) in [4.78, 5) is 6.90. The SMILES string of the molecule is CCCCC1=C2CN(c3ccc(F)cc3Cl)NC2=CCN1Cc1ccccn1. The highest BCUT2D eigenvalue weighted by atomic mass is 35.5. The summed E-state index contributed by atoms with van der Waals surface area (Å²) in [5, 5.41) is 2.41. The van der Waals surface area contributed by atoms with Crippen LogP contribution in [0.4, 0.5) is 10.1 Å². The Morgan fingerprint density at radius 3 is 2.89 bits per heavy atom. The van der Waals surface area contributed by atoms with Crippen LogP contribution in [0.5, 0.6) is 0 Å². The molecule has 1 N–H and O–H groups in total. The number of hydrogen-bond acceptors (Lipinski definition) is 4. The summed E-state index contributed by atoms with van der Waals surface area (Å²) in [5.41, 5.74) is 9.08. The van der Waals surface area contributed by atoms with E-state index in [0.29, 0.717) is 11.6 Å². The summed E-state index contributed by atoms with van der Waals surface area (Å²) < 4.78 is 13.4. The summed E-state index contributed by atoms with van der Waals surface area (Å²) in [6, 6.07) is 10.6. The second kappa shape index (κ2) is 8.23. The Hall–Kier alpha value is -2.53. The van der Waals surface area contributed by atoms with Crippen LogP contribution in [0.2, 0.25) is 5.02 Å². The maximum atomic E-state index is 13.4. The van der Waals surface area contributed by atoms with Gasteiger partial charge >= 0.3 is 0 Å². The minimum absolute atomic E-state index is 0.325. The molecule has 1 saturated heterocycles. The fraction of sp³-hybridized carbons (Fsp3) is 0.318. The maximum absolute atomic E-state index is 13.4. The molecule has 3 heterocycles. The highest BCUT2D eigenvalue weighted by molar-refractivity contribution is 6.33. The molecule has 0 amide bonds. The number of hydrogen-bond donors (Lipinski definition) is 1. The Labute approximate surface area is 170 Å². The fourth-order valence-electron chi connectivity index (χ4n) is 3.76. The molecule has 1 aromatic heterocycles. The predicted molar refractivity (Wildman–Crippen MR) is 111 cm³/mol. The highest BCUT2D eigenvalue weighted by Crippen LogP contribution is 2.35. The number of hydrazine groups is 1. The van der Waals surface area contributed by atoms with E-state index in [1.165, 1.54) is 23.4 Å². The molecular formula is C22H24ClFN4. The van der Waals surface area contributed by atoms with E-state index in [0.717, 1.165) is 49.4 Å². The second-order valence-corrected chi connectivity index (χ2v) is 7.55. The maximum Gasteiger partial charge on any atom is 0.124 e. The van der Waals surface area contributed by atoms with Gasteiger partial charge in [0.25, 0.3) is 0 Å². The van der Waals surface area contributed by atoms with E-state index in [9.17, 15) is 4.39 Å². The van der Waals surface area contributed by atoms with Crippen LogP contribution in [0.3, 0.4) is 0 Å². The zero-order valence-electron chi connectivity index (χ0n) is 16.0. The number of aromatic nitrogens is 1. The number of halogens is 2. The zero-order chi connectivity index (χ0) is 19.5. The van der Waals surface area contributed by atoms with Gasteiger partial charge in [-0.05, 0) is 49.2 Å². The number of rotatable bonds is 6. The van der Waals surface area contributed by atoms with Crippen LogP contribution >= 0.6 is 11.6 Å². The average molecular weight is 399 g/mol. The third-order valence-corrected chi connectivity index (χ3v) is 5.49. The van der Waals surface area contributed by atoms with Gasteiger partial charge in [-0.1, -0.05) is 31.0 Å². The number of fused-ring (bicyclic) bond motifs is 1. The second-order valence-electron chi connectivity index (χ2n) is 7.14. The Morgan fingerprint density at radius 1 is 1.25 bits per heavy atom. The quantitative estimate of drug-likeness (QED) is 0.738. The van der Waals surface area contributed by atoms with Crippen molar-refractivity contribution >= 4 is 17.3 Å². The van der Waals surface area contributed by atoms with E-state index in [2.05, 4.69) is 34.4 Å². The standard InChI is InChI=1S/C22H24ClFN4/c1-2-3-7-21-18-15-28(22-9-8-16(24)13-19(22)23)26-20(18)10-12-27(21)14-17-6-4-5-11-25-17/h4-6,8-11,13,26H,2-3,7,12,14-15H2,1H3. The Balaban J connectivity index is 1.62. The van der Waals surface area contributed by atoms with Crippen molar-refractivity contribution in [3.8, 4) is 0 Å². The molecule has 0 saturated carbocycles. The summed E-state index contributed by atoms with van der Waals surface area (Å²) in [6.45, 7) is 4.55. The lowest BCUT2D eigenvalue weighted by Gasteiger charge is -2.31. The number of pyridine rings is 1. The van der Waals surface area contributed by atoms with Crippen LogP contribution < -0.4 is 10.4 Å². The number of allylic oxidation sites excluding steroid dienone is 1. The van der Waals surface area contributed by atoms with Gasteiger partial charge in [-0.15, -0.1) is 0 Å². The number of nitrogens with one attached hydrogen (secondary N) is 1. The molecule has 0 radical (unpaired) electrons. The van der Waals surface area contributed by atoms with Gasteiger partial charge in [0.1, 0.15) is 5.82 Å². The molecule has 1 aromatic carbocycles. The molecule has 0 spiro atoms. The van der Waals surface area contributed by atoms with Crippen molar-refractivity contribution in [2.75, 3.05) is 18.1 Å². The van der Waals surface area contributed by atoms with Crippen LogP contribution in [-0.2, 0) is 6.54 Å². The van der Waals surface area contributed by atoms with Gasteiger partial charge < -0.3 is 4.90 Å². The van der Waals surface area contributed by atoms with Crippen LogP contribution in [-0.4, -0.2) is 23.0 Å². The van der Waals surface area contributed by atoms with Crippen molar-refractivity contribution in [2.24, 2.45) is 0 Å². The first kappa shape index (κ1) is 18.8. The van der Waals surface area contributed by atoms with Crippen LogP contribution in [0.15, 0.2) is 65.6 Å². The summed E-state index contributed by atoms with van der Waals surface area (Å²) >= 11 is 6.29. The van der Waals surface area contributed by atoms with E-state index in [1.807, 2.05) is 23.3 Å². The minimum atomic E-state index is -0.325. The molecule has 6 heteroatoms. The van der Waals surface area contributed by atoms with E-state index in [1.54, 1.807) is 6.07 Å². The average Bonchev–Trinajstić information content (AvgIpc) is 3.12. The van der Waals surface area contributed by atoms with Gasteiger partial charge in [-0.3, -0.25) is 15.4 Å². The molecule has 0 unspecified atom stereocenters. The molecule has 4 nitrogen and oxygen atoms in total. The smallest absolute Gasteiger partial charge is 0.124 e. The van der Waals surface area contributed by atoms with Crippen molar-refractivity contribution in [3.05, 3.63) is 82.2 Å². The first-order valence-corrected chi connectivity index (χ1v) is 10.1. The fourth-order valence-corrected chi connectivity index (χ4v) is 4.03. The van der Waals surface area contributed by atoms with Crippen LogP contribution in [0.1, 0.15) is 31.9 Å². The van der Waals surface area contributed by atoms with Gasteiger partial charge in [0, 0.05) is 24.0 Å². The van der Waals surface area contributed by atoms with Gasteiger partial charge in [-0.25, -0.2) is 4.39 Å². The molecule has 0 aliphatic carbocycles. The third kappa shape index (κ3) is 3.85. The lowest BCUT2D eigenvalue weighted by atomic mass is 10.0. The minimum Gasteiger partial charge on any atom is -0.365 e. The largest absolute Gasteiger partial charge is 0.365 e. The van der Waals surface area contributed by atoms with Crippen LogP contribution in [0.25, 0.3) is 0 Å². The van der Waals surface area contributed by atoms with E-state index >= 15 is 0 Å². The normalized spacial score (nSPS) is 16.2. The topological polar surface area (TPSA) is 31.4 Å². The molecule has 0 bridgehead atoms. The van der Waals surface area contributed by atoms with Crippen molar-refractivity contribution in [2.45, 2.75) is 32.7 Å². The van der Waals surface area contributed by atoms with Gasteiger partial charge in [-0.2, -0.15) is 0 Å². The lowest BCUT2D eigenvalue weighted by molar-refractivity contribution is 0.341. The number of unbranched alkanes of at least 4 members (excludes halogenated alkanes) is 1. The van der Waals surface area contributed by atoms with Crippen molar-refractivity contribution in [1.82, 2.24) is 15.3 Å². The summed E-state index contributed by atoms with van der Waals surface area (Å²) in [6.07, 6.45) is 7.37. The molecule has 146 valence electrons. The molecule has 28 heavy (non-hydrogen) atoms. The molecule has 4 rings (SSSR count). The van der Waals surface area contributed by atoms with Gasteiger partial charge in [0.15, 0.2) is 0 Å².